The summed E-state index contributed by atoms with van der Waals surface area (Å²) in [6.07, 6.45) is 1.71. The Morgan fingerprint density at radius 3 is 2.67 bits per heavy atom. The summed E-state index contributed by atoms with van der Waals surface area (Å²) in [5.74, 6) is -0.845. The van der Waals surface area contributed by atoms with Gasteiger partial charge in [-0.3, -0.25) is 9.59 Å². The van der Waals surface area contributed by atoms with Crippen LogP contribution in [0.15, 0.2) is 54.7 Å². The molecule has 6 nitrogen and oxygen atoms in total. The van der Waals surface area contributed by atoms with E-state index in [4.69, 9.17) is 10.00 Å². The number of carbonyl (C=O) groups excluding carboxylic acids is 2. The van der Waals surface area contributed by atoms with E-state index in [-0.39, 0.29) is 6.42 Å². The van der Waals surface area contributed by atoms with Gasteiger partial charge in [0.05, 0.1) is 11.6 Å². The average molecular weight is 361 g/mol. The number of fused-ring (bicyclic) bond motifs is 1. The lowest BCUT2D eigenvalue weighted by Crippen LogP contribution is -2.30. The molecule has 0 saturated carbocycles. The number of benzene rings is 2. The number of anilines is 1. The molecule has 0 aliphatic heterocycles. The molecule has 0 saturated heterocycles. The van der Waals surface area contributed by atoms with Gasteiger partial charge in [-0.2, -0.15) is 5.26 Å². The second kappa shape index (κ2) is 8.19. The van der Waals surface area contributed by atoms with Gasteiger partial charge < -0.3 is 15.0 Å². The third kappa shape index (κ3) is 4.53. The first-order valence-corrected chi connectivity index (χ1v) is 8.62. The molecule has 2 N–H and O–H groups in total. The third-order valence-electron chi connectivity index (χ3n) is 4.23. The van der Waals surface area contributed by atoms with E-state index in [1.807, 2.05) is 36.5 Å². The van der Waals surface area contributed by atoms with Gasteiger partial charge >= 0.3 is 5.97 Å². The van der Waals surface area contributed by atoms with E-state index in [2.05, 4.69) is 10.3 Å². The first-order chi connectivity index (χ1) is 13.1. The van der Waals surface area contributed by atoms with Gasteiger partial charge in [-0.25, -0.2) is 0 Å². The number of nitrogens with zero attached hydrogens (tertiary/aromatic N) is 1. The summed E-state index contributed by atoms with van der Waals surface area (Å²) >= 11 is 0. The summed E-state index contributed by atoms with van der Waals surface area (Å²) in [5.41, 5.74) is 3.11. The van der Waals surface area contributed by atoms with Crippen molar-refractivity contribution in [2.75, 3.05) is 5.32 Å². The molecule has 136 valence electrons. The van der Waals surface area contributed by atoms with Gasteiger partial charge in [0.1, 0.15) is 0 Å². The number of rotatable bonds is 6. The molecule has 0 bridgehead atoms. The van der Waals surface area contributed by atoms with E-state index >= 15 is 0 Å². The van der Waals surface area contributed by atoms with Crippen molar-refractivity contribution in [2.24, 2.45) is 0 Å². The van der Waals surface area contributed by atoms with Gasteiger partial charge in [0, 0.05) is 29.2 Å². The molecule has 0 spiro atoms. The van der Waals surface area contributed by atoms with Gasteiger partial charge in [0.15, 0.2) is 6.10 Å². The SMILES string of the molecule is C[C@@H](OC(=O)CCc1c[nH]c2ccccc12)C(=O)Nc1ccc(C#N)cc1. The first kappa shape index (κ1) is 18.2. The Bertz CT molecular complexity index is 999. The Morgan fingerprint density at radius 1 is 1.19 bits per heavy atom. The van der Waals surface area contributed by atoms with Crippen LogP contribution in [0, 0.1) is 11.3 Å². The number of hydrogen-bond acceptors (Lipinski definition) is 4. The lowest BCUT2D eigenvalue weighted by molar-refractivity contribution is -0.153. The molecule has 27 heavy (non-hydrogen) atoms. The second-order valence-corrected chi connectivity index (χ2v) is 6.17. The predicted octanol–water partition coefficient (Wildman–Crippen LogP) is 3.54. The highest BCUT2D eigenvalue weighted by atomic mass is 16.5. The summed E-state index contributed by atoms with van der Waals surface area (Å²) in [7, 11) is 0. The van der Waals surface area contributed by atoms with Crippen LogP contribution in [0.3, 0.4) is 0 Å². The number of para-hydroxylation sites is 1. The van der Waals surface area contributed by atoms with Crippen LogP contribution >= 0.6 is 0 Å². The molecule has 2 aromatic carbocycles. The zero-order chi connectivity index (χ0) is 19.2. The number of H-pyrrole nitrogens is 1. The van der Waals surface area contributed by atoms with E-state index in [1.54, 1.807) is 24.3 Å². The van der Waals surface area contributed by atoms with Crippen LogP contribution in [0.2, 0.25) is 0 Å². The van der Waals surface area contributed by atoms with Crippen LogP contribution < -0.4 is 5.32 Å². The molecule has 0 fully saturated rings. The van der Waals surface area contributed by atoms with Crippen LogP contribution in [-0.2, 0) is 20.7 Å². The van der Waals surface area contributed by atoms with Crippen LogP contribution in [-0.4, -0.2) is 23.0 Å². The molecule has 0 aliphatic carbocycles. The fraction of sp³-hybridized carbons (Fsp3) is 0.190. The van der Waals surface area contributed by atoms with Gasteiger partial charge in [-0.05, 0) is 49.2 Å². The number of nitriles is 1. The lowest BCUT2D eigenvalue weighted by Gasteiger charge is -2.13. The van der Waals surface area contributed by atoms with Crippen molar-refractivity contribution in [1.29, 1.82) is 5.26 Å². The minimum atomic E-state index is -0.906. The van der Waals surface area contributed by atoms with Gasteiger partial charge in [-0.15, -0.1) is 0 Å². The lowest BCUT2D eigenvalue weighted by atomic mass is 10.1. The van der Waals surface area contributed by atoms with E-state index in [0.717, 1.165) is 16.5 Å². The quantitative estimate of drug-likeness (QED) is 0.657. The molecular weight excluding hydrogens is 342 g/mol. The molecule has 1 aromatic heterocycles. The topological polar surface area (TPSA) is 95.0 Å². The number of aromatic amines is 1. The number of hydrogen-bond donors (Lipinski definition) is 2. The highest BCUT2D eigenvalue weighted by Crippen LogP contribution is 2.19. The number of carbonyl (C=O) groups is 2. The molecule has 1 atom stereocenters. The van der Waals surface area contributed by atoms with Crippen LogP contribution in [0.5, 0.6) is 0 Å². The highest BCUT2D eigenvalue weighted by molar-refractivity contribution is 5.95. The van der Waals surface area contributed by atoms with Crippen molar-refractivity contribution in [3.05, 3.63) is 65.9 Å². The molecular formula is C21H19N3O3. The monoisotopic (exact) mass is 361 g/mol. The van der Waals surface area contributed by atoms with Crippen LogP contribution in [0.1, 0.15) is 24.5 Å². The molecule has 0 radical (unpaired) electrons. The van der Waals surface area contributed by atoms with Crippen molar-refractivity contribution in [3.8, 4) is 6.07 Å². The second-order valence-electron chi connectivity index (χ2n) is 6.17. The van der Waals surface area contributed by atoms with Crippen molar-refractivity contribution >= 4 is 28.5 Å². The maximum atomic E-state index is 12.2. The average Bonchev–Trinajstić information content (AvgIpc) is 3.10. The largest absolute Gasteiger partial charge is 0.453 e. The van der Waals surface area contributed by atoms with E-state index in [0.29, 0.717) is 17.7 Å². The summed E-state index contributed by atoms with van der Waals surface area (Å²) in [4.78, 5) is 27.4. The van der Waals surface area contributed by atoms with Crippen molar-refractivity contribution < 1.29 is 14.3 Å². The minimum Gasteiger partial charge on any atom is -0.453 e. The summed E-state index contributed by atoms with van der Waals surface area (Å²) in [6.45, 7) is 1.53. The van der Waals surface area contributed by atoms with E-state index < -0.39 is 18.0 Å². The number of nitrogens with one attached hydrogen (secondary N) is 2. The number of aromatic nitrogens is 1. The molecule has 1 heterocycles. The fourth-order valence-corrected chi connectivity index (χ4v) is 2.76. The normalized spacial score (nSPS) is 11.6. The molecule has 0 unspecified atom stereocenters. The molecule has 6 heteroatoms. The Hall–Kier alpha value is -3.59. The third-order valence-corrected chi connectivity index (χ3v) is 4.23. The van der Waals surface area contributed by atoms with E-state index in [9.17, 15) is 9.59 Å². The molecule has 0 aliphatic rings. The summed E-state index contributed by atoms with van der Waals surface area (Å²) in [5, 5.41) is 12.5. The Kier molecular flexibility index (Phi) is 5.53. The smallest absolute Gasteiger partial charge is 0.306 e. The minimum absolute atomic E-state index is 0.191. The standard InChI is InChI=1S/C21H19N3O3/c1-14(21(26)24-17-9-6-15(12-22)7-10-17)27-20(25)11-8-16-13-23-19-5-3-2-4-18(16)19/h2-7,9-10,13-14,23H,8,11H2,1H3,(H,24,26)/t14-/m1/s1. The van der Waals surface area contributed by atoms with Crippen molar-refractivity contribution in [3.63, 3.8) is 0 Å². The first-order valence-electron chi connectivity index (χ1n) is 8.62. The van der Waals surface area contributed by atoms with Crippen LogP contribution in [0.25, 0.3) is 10.9 Å². The van der Waals surface area contributed by atoms with Crippen molar-refractivity contribution in [1.82, 2.24) is 4.98 Å². The number of ether oxygens (including phenoxy) is 1. The zero-order valence-corrected chi connectivity index (χ0v) is 14.9. The van der Waals surface area contributed by atoms with Crippen molar-refractivity contribution in [2.45, 2.75) is 25.9 Å². The maximum absolute atomic E-state index is 12.2. The number of esters is 1. The molecule has 1 amide bonds. The maximum Gasteiger partial charge on any atom is 0.306 e. The molecule has 3 aromatic rings. The predicted molar refractivity (Wildman–Crippen MR) is 102 cm³/mol. The van der Waals surface area contributed by atoms with Gasteiger partial charge in [0.2, 0.25) is 0 Å². The Morgan fingerprint density at radius 2 is 1.93 bits per heavy atom. The number of amides is 1. The summed E-state index contributed by atoms with van der Waals surface area (Å²) < 4.78 is 5.23. The Labute approximate surface area is 156 Å². The zero-order valence-electron chi connectivity index (χ0n) is 14.9. The van der Waals surface area contributed by atoms with Crippen LogP contribution in [0.4, 0.5) is 5.69 Å². The highest BCUT2D eigenvalue weighted by Gasteiger charge is 2.18. The Balaban J connectivity index is 1.50. The summed E-state index contributed by atoms with van der Waals surface area (Å²) in [6, 6.07) is 16.4. The molecule has 3 rings (SSSR count). The van der Waals surface area contributed by atoms with Gasteiger partial charge in [-0.1, -0.05) is 18.2 Å². The fourth-order valence-electron chi connectivity index (χ4n) is 2.76. The van der Waals surface area contributed by atoms with E-state index in [1.165, 1.54) is 6.92 Å². The van der Waals surface area contributed by atoms with Gasteiger partial charge in [0.25, 0.3) is 5.91 Å². The number of aryl methyl sites for hydroxylation is 1.